The van der Waals surface area contributed by atoms with Crippen molar-refractivity contribution in [1.82, 2.24) is 9.97 Å². The van der Waals surface area contributed by atoms with Crippen molar-refractivity contribution in [3.05, 3.63) is 60.4 Å². The van der Waals surface area contributed by atoms with Gasteiger partial charge in [-0.15, -0.1) is 0 Å². The van der Waals surface area contributed by atoms with Crippen molar-refractivity contribution in [2.24, 2.45) is 0 Å². The Morgan fingerprint density at radius 2 is 1.73 bits per heavy atom. The second kappa shape index (κ2) is 7.51. The first-order valence-electron chi connectivity index (χ1n) is 7.98. The molecule has 1 heterocycles. The summed E-state index contributed by atoms with van der Waals surface area (Å²) in [5.41, 5.74) is 0.683. The standard InChI is InChI=1S/C18H17FN2O3S2/c1-2-12-25(22)17-18(21-16(20-17)13-6-4-3-5-7-13)26(23,24)15-10-8-14(19)9-11-15/h3-11H,2,12H2,1H3,(H,20,21). The largest absolute Gasteiger partial charge is 0.330 e. The number of halogens is 1. The van der Waals surface area contributed by atoms with E-state index in [-0.39, 0.29) is 14.9 Å². The van der Waals surface area contributed by atoms with Crippen LogP contribution in [-0.2, 0) is 20.6 Å². The molecule has 0 saturated heterocycles. The summed E-state index contributed by atoms with van der Waals surface area (Å²) in [7, 11) is -5.58. The van der Waals surface area contributed by atoms with Crippen LogP contribution in [0.25, 0.3) is 11.4 Å². The summed E-state index contributed by atoms with van der Waals surface area (Å²) >= 11 is 0. The number of benzene rings is 2. The van der Waals surface area contributed by atoms with Gasteiger partial charge in [0.05, 0.1) is 15.7 Å². The highest BCUT2D eigenvalue weighted by Gasteiger charge is 2.29. The number of aromatic amines is 1. The molecule has 5 nitrogen and oxygen atoms in total. The molecule has 26 heavy (non-hydrogen) atoms. The maximum absolute atomic E-state index is 13.1. The molecule has 8 heteroatoms. The third-order valence-electron chi connectivity index (χ3n) is 3.68. The van der Waals surface area contributed by atoms with Crippen molar-refractivity contribution in [3.63, 3.8) is 0 Å². The van der Waals surface area contributed by atoms with Crippen molar-refractivity contribution < 1.29 is 17.0 Å². The minimum atomic E-state index is -4.04. The van der Waals surface area contributed by atoms with Crippen molar-refractivity contribution in [1.29, 1.82) is 0 Å². The van der Waals surface area contributed by atoms with E-state index in [0.717, 1.165) is 12.1 Å². The van der Waals surface area contributed by atoms with Gasteiger partial charge >= 0.3 is 0 Å². The van der Waals surface area contributed by atoms with Crippen LogP contribution in [0.4, 0.5) is 4.39 Å². The van der Waals surface area contributed by atoms with Crippen LogP contribution < -0.4 is 0 Å². The Balaban J connectivity index is 2.17. The minimum Gasteiger partial charge on any atom is -0.330 e. The predicted octanol–water partition coefficient (Wildman–Crippen LogP) is 3.57. The van der Waals surface area contributed by atoms with Gasteiger partial charge in [0.15, 0.2) is 5.03 Å². The van der Waals surface area contributed by atoms with Crippen molar-refractivity contribution in [2.75, 3.05) is 5.75 Å². The molecule has 0 aliphatic heterocycles. The molecule has 0 radical (unpaired) electrons. The van der Waals surface area contributed by atoms with Gasteiger partial charge in [-0.2, -0.15) is 0 Å². The first-order valence-corrected chi connectivity index (χ1v) is 10.8. The zero-order valence-corrected chi connectivity index (χ0v) is 15.6. The van der Waals surface area contributed by atoms with E-state index in [1.807, 2.05) is 13.0 Å². The summed E-state index contributed by atoms with van der Waals surface area (Å²) in [5, 5.41) is -0.218. The quantitative estimate of drug-likeness (QED) is 0.651. The van der Waals surface area contributed by atoms with Crippen LogP contribution in [0.15, 0.2) is 69.5 Å². The lowest BCUT2D eigenvalue weighted by atomic mass is 10.2. The molecule has 0 aliphatic rings. The van der Waals surface area contributed by atoms with E-state index >= 15 is 0 Å². The first kappa shape index (κ1) is 18.5. The Morgan fingerprint density at radius 1 is 1.08 bits per heavy atom. The SMILES string of the molecule is CCCS(=O)c1[nH]c(-c2ccccc2)nc1S(=O)(=O)c1ccc(F)cc1. The van der Waals surface area contributed by atoms with Crippen LogP contribution >= 0.6 is 0 Å². The number of H-pyrrole nitrogens is 1. The molecular formula is C18H17FN2O3S2. The van der Waals surface area contributed by atoms with Crippen LogP contribution in [-0.4, -0.2) is 28.3 Å². The zero-order chi connectivity index (χ0) is 18.7. The highest BCUT2D eigenvalue weighted by molar-refractivity contribution is 7.92. The van der Waals surface area contributed by atoms with Crippen molar-refractivity contribution in [3.8, 4) is 11.4 Å². The normalized spacial score (nSPS) is 12.8. The lowest BCUT2D eigenvalue weighted by Crippen LogP contribution is -2.08. The Morgan fingerprint density at radius 3 is 2.35 bits per heavy atom. The summed E-state index contributed by atoms with van der Waals surface area (Å²) in [4.78, 5) is 7.03. The van der Waals surface area contributed by atoms with Gasteiger partial charge in [-0.25, -0.2) is 17.8 Å². The number of aromatic nitrogens is 2. The van der Waals surface area contributed by atoms with Gasteiger partial charge in [0.25, 0.3) is 0 Å². The minimum absolute atomic E-state index is 0.0648. The van der Waals surface area contributed by atoms with Gasteiger partial charge in [-0.05, 0) is 30.7 Å². The molecule has 3 rings (SSSR count). The molecule has 0 amide bonds. The van der Waals surface area contributed by atoms with E-state index in [9.17, 15) is 17.0 Å². The lowest BCUT2D eigenvalue weighted by Gasteiger charge is -2.04. The molecule has 1 N–H and O–H groups in total. The molecule has 136 valence electrons. The van der Waals surface area contributed by atoms with E-state index in [0.29, 0.717) is 23.6 Å². The number of rotatable bonds is 6. The third kappa shape index (κ3) is 3.61. The van der Waals surface area contributed by atoms with Gasteiger partial charge < -0.3 is 4.98 Å². The van der Waals surface area contributed by atoms with Crippen LogP contribution in [0.3, 0.4) is 0 Å². The average molecular weight is 392 g/mol. The maximum atomic E-state index is 13.1. The number of hydrogen-bond donors (Lipinski definition) is 1. The Bertz CT molecular complexity index is 1030. The van der Waals surface area contributed by atoms with E-state index in [2.05, 4.69) is 9.97 Å². The number of hydrogen-bond acceptors (Lipinski definition) is 4. The van der Waals surface area contributed by atoms with Crippen molar-refractivity contribution >= 4 is 20.6 Å². The third-order valence-corrected chi connectivity index (χ3v) is 7.04. The topological polar surface area (TPSA) is 79.9 Å². The van der Waals surface area contributed by atoms with Gasteiger partial charge in [-0.1, -0.05) is 37.3 Å². The molecule has 0 fully saturated rings. The number of sulfone groups is 1. The highest BCUT2D eigenvalue weighted by Crippen LogP contribution is 2.28. The molecule has 0 aliphatic carbocycles. The van der Waals surface area contributed by atoms with Crippen LogP contribution in [0.2, 0.25) is 0 Å². The number of nitrogens with zero attached hydrogens (tertiary/aromatic N) is 1. The molecule has 1 unspecified atom stereocenters. The Hall–Kier alpha value is -2.32. The Labute approximate surface area is 153 Å². The fourth-order valence-corrected chi connectivity index (χ4v) is 5.28. The highest BCUT2D eigenvalue weighted by atomic mass is 32.2. The zero-order valence-electron chi connectivity index (χ0n) is 14.0. The molecule has 1 aromatic heterocycles. The maximum Gasteiger partial charge on any atom is 0.226 e. The molecule has 0 bridgehead atoms. The average Bonchev–Trinajstić information content (AvgIpc) is 3.09. The predicted molar refractivity (Wildman–Crippen MR) is 97.4 cm³/mol. The van der Waals surface area contributed by atoms with Crippen LogP contribution in [0.1, 0.15) is 13.3 Å². The molecule has 0 saturated carbocycles. The molecule has 3 aromatic rings. The summed E-state index contributed by atoms with van der Waals surface area (Å²) in [6, 6.07) is 13.5. The van der Waals surface area contributed by atoms with E-state index < -0.39 is 26.5 Å². The molecule has 1 atom stereocenters. The summed E-state index contributed by atoms with van der Waals surface area (Å²) in [6.07, 6.45) is 0.627. The van der Waals surface area contributed by atoms with Gasteiger partial charge in [0, 0.05) is 11.3 Å². The summed E-state index contributed by atoms with van der Waals surface area (Å²) in [6.45, 7) is 1.86. The smallest absolute Gasteiger partial charge is 0.226 e. The molecule has 2 aromatic carbocycles. The van der Waals surface area contributed by atoms with E-state index in [1.54, 1.807) is 24.3 Å². The van der Waals surface area contributed by atoms with Gasteiger partial charge in [0.1, 0.15) is 16.7 Å². The molecule has 0 spiro atoms. The monoisotopic (exact) mass is 392 g/mol. The summed E-state index contributed by atoms with van der Waals surface area (Å²) < 4.78 is 51.7. The fraction of sp³-hybridized carbons (Fsp3) is 0.167. The fourth-order valence-electron chi connectivity index (χ4n) is 2.42. The van der Waals surface area contributed by atoms with E-state index in [4.69, 9.17) is 0 Å². The van der Waals surface area contributed by atoms with Crippen molar-refractivity contribution in [2.45, 2.75) is 28.3 Å². The Kier molecular flexibility index (Phi) is 5.33. The van der Waals surface area contributed by atoms with Crippen LogP contribution in [0, 0.1) is 5.82 Å². The van der Waals surface area contributed by atoms with Crippen LogP contribution in [0.5, 0.6) is 0 Å². The number of imidazole rings is 1. The van der Waals surface area contributed by atoms with Gasteiger partial charge in [-0.3, -0.25) is 4.21 Å². The second-order valence-electron chi connectivity index (χ2n) is 5.59. The number of nitrogens with one attached hydrogen (secondary N) is 1. The molecular weight excluding hydrogens is 375 g/mol. The first-order chi connectivity index (χ1) is 12.4. The summed E-state index contributed by atoms with van der Waals surface area (Å²) in [5.74, 6) is 0.0963. The van der Waals surface area contributed by atoms with Gasteiger partial charge in [0.2, 0.25) is 9.84 Å². The van der Waals surface area contributed by atoms with E-state index in [1.165, 1.54) is 12.1 Å². The lowest BCUT2D eigenvalue weighted by molar-refractivity contribution is 0.588. The second-order valence-corrected chi connectivity index (χ2v) is 8.97.